The van der Waals surface area contributed by atoms with Crippen LogP contribution in [0.3, 0.4) is 0 Å². The summed E-state index contributed by atoms with van der Waals surface area (Å²) in [5.74, 6) is 0.193. The summed E-state index contributed by atoms with van der Waals surface area (Å²) >= 11 is 0. The van der Waals surface area contributed by atoms with Gasteiger partial charge in [0.25, 0.3) is 5.88 Å². The van der Waals surface area contributed by atoms with Crippen molar-refractivity contribution in [3.05, 3.63) is 60.6 Å². The molecule has 0 bridgehead atoms. The molecule has 4 aromatic rings. The number of pyridine rings is 2. The van der Waals surface area contributed by atoms with Crippen LogP contribution in [0.25, 0.3) is 16.8 Å². The number of carboxylic acid groups (broad SMARTS) is 1. The van der Waals surface area contributed by atoms with Crippen LogP contribution in [0.2, 0.25) is 0 Å². The van der Waals surface area contributed by atoms with Gasteiger partial charge in [0.2, 0.25) is 0 Å². The van der Waals surface area contributed by atoms with Gasteiger partial charge >= 0.3 is 51.4 Å². The van der Waals surface area contributed by atoms with Gasteiger partial charge in [-0.25, -0.2) is 9.50 Å². The molecule has 4 rings (SSSR count). The number of rotatable bonds is 6. The normalized spacial score (nSPS) is 10.3. The molecule has 0 saturated carbocycles. The van der Waals surface area contributed by atoms with E-state index in [0.717, 1.165) is 11.1 Å². The largest absolute Gasteiger partial charge is 1.00 e. The summed E-state index contributed by atoms with van der Waals surface area (Å²) < 4.78 is 12.1. The fraction of sp³-hybridized carbons (Fsp3) is 0.100. The van der Waals surface area contributed by atoms with Gasteiger partial charge in [0.1, 0.15) is 12.1 Å². The zero-order valence-corrected chi connectivity index (χ0v) is 19.7. The Bertz CT molecular complexity index is 1190. The van der Waals surface area contributed by atoms with Crippen molar-refractivity contribution in [2.45, 2.75) is 0 Å². The Kier molecular flexibility index (Phi) is 7.05. The Balaban J connectivity index is 0.00000256. The van der Waals surface area contributed by atoms with E-state index >= 15 is 0 Å². The molecule has 0 radical (unpaired) electrons. The third-order valence-corrected chi connectivity index (χ3v) is 4.33. The molecule has 0 unspecified atom stereocenters. The van der Waals surface area contributed by atoms with Gasteiger partial charge in [-0.05, 0) is 29.3 Å². The summed E-state index contributed by atoms with van der Waals surface area (Å²) in [5.41, 5.74) is 3.02. The van der Waals surface area contributed by atoms with E-state index in [1.807, 2.05) is 12.3 Å². The minimum absolute atomic E-state index is 0. The van der Waals surface area contributed by atoms with Crippen molar-refractivity contribution in [1.29, 1.82) is 0 Å². The first kappa shape index (κ1) is 22.2. The summed E-state index contributed by atoms with van der Waals surface area (Å²) in [6.45, 7) is 0. The van der Waals surface area contributed by atoms with Gasteiger partial charge < -0.3 is 24.7 Å². The minimum atomic E-state index is -1.22. The van der Waals surface area contributed by atoms with E-state index in [0.29, 0.717) is 28.8 Å². The predicted octanol–water partition coefficient (Wildman–Crippen LogP) is -1.08. The maximum atomic E-state index is 11.0. The van der Waals surface area contributed by atoms with E-state index < -0.39 is 5.97 Å². The third-order valence-electron chi connectivity index (χ3n) is 4.33. The van der Waals surface area contributed by atoms with Crippen molar-refractivity contribution in [2.75, 3.05) is 19.5 Å². The molecule has 9 nitrogen and oxygen atoms in total. The zero-order chi connectivity index (χ0) is 20.4. The molecule has 0 fully saturated rings. The Morgan fingerprint density at radius 1 is 1.07 bits per heavy atom. The summed E-state index contributed by atoms with van der Waals surface area (Å²) in [5, 5.41) is 18.4. The van der Waals surface area contributed by atoms with Crippen molar-refractivity contribution in [2.24, 2.45) is 0 Å². The third kappa shape index (κ3) is 4.47. The Morgan fingerprint density at radius 2 is 1.83 bits per heavy atom. The maximum absolute atomic E-state index is 11.0. The standard InChI is InChI=1S/C20H17N5O4.K/c1-28-16-7-8-17(24-19(16)29-2)23-15-9-14(10-25-18(15)21-11-22-25)12-3-5-13(6-4-12)20(26)27;/h3-11H,1-2H3,(H,23,24)(H,26,27);/q;+1/p-1. The molecule has 0 amide bonds. The van der Waals surface area contributed by atoms with Crippen LogP contribution in [0.1, 0.15) is 10.4 Å². The van der Waals surface area contributed by atoms with Gasteiger partial charge in [-0.2, -0.15) is 10.1 Å². The minimum Gasteiger partial charge on any atom is -0.545 e. The van der Waals surface area contributed by atoms with Crippen molar-refractivity contribution in [1.82, 2.24) is 19.6 Å². The van der Waals surface area contributed by atoms with E-state index in [-0.39, 0.29) is 56.9 Å². The number of methoxy groups -OCH3 is 2. The number of carbonyl (C=O) groups is 1. The molecular formula is C20H16KN5O4. The number of carboxylic acids is 1. The molecule has 3 heterocycles. The molecule has 0 saturated heterocycles. The summed E-state index contributed by atoms with van der Waals surface area (Å²) in [6.07, 6.45) is 3.26. The number of fused-ring (bicyclic) bond motifs is 1. The number of nitrogens with zero attached hydrogens (tertiary/aromatic N) is 4. The van der Waals surface area contributed by atoms with Crippen LogP contribution in [0.5, 0.6) is 11.6 Å². The average Bonchev–Trinajstić information content (AvgIpc) is 3.22. The molecule has 0 aliphatic heterocycles. The van der Waals surface area contributed by atoms with Gasteiger partial charge in [-0.3, -0.25) is 0 Å². The summed E-state index contributed by atoms with van der Waals surface area (Å²) in [6, 6.07) is 11.8. The molecule has 0 aliphatic rings. The molecule has 30 heavy (non-hydrogen) atoms. The number of aromatic nitrogens is 4. The van der Waals surface area contributed by atoms with E-state index in [4.69, 9.17) is 9.47 Å². The molecule has 1 aromatic carbocycles. The molecule has 10 heteroatoms. The number of anilines is 2. The molecule has 0 aliphatic carbocycles. The maximum Gasteiger partial charge on any atom is 1.00 e. The van der Waals surface area contributed by atoms with Crippen LogP contribution in [0, 0.1) is 0 Å². The van der Waals surface area contributed by atoms with Gasteiger partial charge in [-0.15, -0.1) is 0 Å². The van der Waals surface area contributed by atoms with Crippen LogP contribution in [0.4, 0.5) is 11.5 Å². The number of aromatic carboxylic acids is 1. The molecule has 3 aromatic heterocycles. The quantitative estimate of drug-likeness (QED) is 0.385. The number of carbonyl (C=O) groups excluding carboxylic acids is 1. The number of ether oxygens (including phenoxy) is 2. The topological polar surface area (TPSA) is 114 Å². The van der Waals surface area contributed by atoms with Crippen molar-refractivity contribution >= 4 is 23.1 Å². The van der Waals surface area contributed by atoms with Crippen molar-refractivity contribution < 1.29 is 70.8 Å². The molecule has 0 spiro atoms. The van der Waals surface area contributed by atoms with Gasteiger partial charge in [0.15, 0.2) is 11.4 Å². The monoisotopic (exact) mass is 429 g/mol. The van der Waals surface area contributed by atoms with Gasteiger partial charge in [0.05, 0.1) is 25.9 Å². The second kappa shape index (κ2) is 9.54. The van der Waals surface area contributed by atoms with Crippen LogP contribution in [-0.2, 0) is 0 Å². The number of benzene rings is 1. The summed E-state index contributed by atoms with van der Waals surface area (Å²) in [7, 11) is 3.06. The second-order valence-corrected chi connectivity index (χ2v) is 6.07. The van der Waals surface area contributed by atoms with Crippen molar-refractivity contribution in [3.63, 3.8) is 0 Å². The Hall–Kier alpha value is -2.50. The molecular weight excluding hydrogens is 413 g/mol. The first-order chi connectivity index (χ1) is 14.1. The van der Waals surface area contributed by atoms with E-state index in [9.17, 15) is 9.90 Å². The first-order valence-electron chi connectivity index (χ1n) is 8.60. The van der Waals surface area contributed by atoms with E-state index in [1.165, 1.54) is 25.6 Å². The molecule has 0 atom stereocenters. The zero-order valence-electron chi connectivity index (χ0n) is 16.6. The number of nitrogens with one attached hydrogen (secondary N) is 1. The predicted molar refractivity (Wildman–Crippen MR) is 103 cm³/mol. The van der Waals surface area contributed by atoms with Gasteiger partial charge in [-0.1, -0.05) is 24.3 Å². The number of hydrogen-bond acceptors (Lipinski definition) is 8. The first-order valence-corrected chi connectivity index (χ1v) is 8.60. The van der Waals surface area contributed by atoms with Crippen molar-refractivity contribution in [3.8, 4) is 22.8 Å². The van der Waals surface area contributed by atoms with Crippen LogP contribution < -0.4 is 71.3 Å². The Labute approximate surface area is 214 Å². The Morgan fingerprint density at radius 3 is 2.50 bits per heavy atom. The number of hydrogen-bond donors (Lipinski definition) is 1. The SMILES string of the molecule is COc1ccc(Nc2cc(-c3ccc(C(=O)[O-])cc3)cn3ncnc23)nc1OC.[K+]. The van der Waals surface area contributed by atoms with Crippen LogP contribution in [0.15, 0.2) is 55.0 Å². The fourth-order valence-corrected chi connectivity index (χ4v) is 2.91. The molecule has 146 valence electrons. The molecule has 1 N–H and O–H groups in total. The van der Waals surface area contributed by atoms with E-state index in [2.05, 4.69) is 20.4 Å². The smallest absolute Gasteiger partial charge is 0.545 e. The van der Waals surface area contributed by atoms with Gasteiger partial charge in [0, 0.05) is 11.8 Å². The van der Waals surface area contributed by atoms with Crippen LogP contribution in [-0.4, -0.2) is 39.8 Å². The van der Waals surface area contributed by atoms with E-state index in [1.54, 1.807) is 35.9 Å². The average molecular weight is 429 g/mol. The fourth-order valence-electron chi connectivity index (χ4n) is 2.91. The second-order valence-electron chi connectivity index (χ2n) is 6.07. The van der Waals surface area contributed by atoms with Crippen LogP contribution >= 0.6 is 0 Å². The summed E-state index contributed by atoms with van der Waals surface area (Å²) in [4.78, 5) is 19.7.